The van der Waals surface area contributed by atoms with Crippen LogP contribution in [0.3, 0.4) is 0 Å². The Morgan fingerprint density at radius 2 is 2.11 bits per heavy atom. The summed E-state index contributed by atoms with van der Waals surface area (Å²) >= 11 is 0. The van der Waals surface area contributed by atoms with Crippen LogP contribution in [-0.2, 0) is 19.1 Å². The Morgan fingerprint density at radius 3 is 2.78 bits per heavy atom. The molecule has 1 N–H and O–H groups in total. The molecule has 1 aliphatic heterocycles. The maximum absolute atomic E-state index is 11.6. The number of allylic oxidation sites excluding steroid dienone is 1. The predicted molar refractivity (Wildman–Crippen MR) is 65.0 cm³/mol. The van der Waals surface area contributed by atoms with Crippen LogP contribution in [0, 0.1) is 0 Å². The summed E-state index contributed by atoms with van der Waals surface area (Å²) in [4.78, 5) is 23.1. The van der Waals surface area contributed by atoms with Crippen molar-refractivity contribution >= 4 is 11.8 Å². The molecule has 0 aliphatic carbocycles. The van der Waals surface area contributed by atoms with Crippen LogP contribution >= 0.6 is 0 Å². The van der Waals surface area contributed by atoms with Gasteiger partial charge in [-0.3, -0.25) is 9.59 Å². The van der Waals surface area contributed by atoms with Crippen molar-refractivity contribution in [3.63, 3.8) is 0 Å². The first-order valence-electron chi connectivity index (χ1n) is 6.10. The van der Waals surface area contributed by atoms with Gasteiger partial charge in [-0.2, -0.15) is 0 Å². The van der Waals surface area contributed by atoms with Crippen molar-refractivity contribution in [2.75, 3.05) is 7.11 Å². The highest BCUT2D eigenvalue weighted by Crippen LogP contribution is 2.13. The summed E-state index contributed by atoms with van der Waals surface area (Å²) in [6.45, 7) is 1.75. The summed E-state index contributed by atoms with van der Waals surface area (Å²) in [6, 6.07) is 0. The summed E-state index contributed by atoms with van der Waals surface area (Å²) in [5, 5.41) is 9.51. The molecule has 102 valence electrons. The molecule has 0 saturated carbocycles. The number of aliphatic hydroxyl groups is 1. The molecule has 0 aromatic heterocycles. The number of Topliss-reactive ketones (excluding diaryl/α,β-unsaturated/α-hetero) is 1. The molecule has 0 amide bonds. The molecule has 5 nitrogen and oxygen atoms in total. The summed E-state index contributed by atoms with van der Waals surface area (Å²) in [7, 11) is 1.54. The zero-order valence-electron chi connectivity index (χ0n) is 10.8. The first-order chi connectivity index (χ1) is 8.51. The Hall–Kier alpha value is -1.20. The number of hydrogen-bond donors (Lipinski definition) is 1. The average molecular weight is 256 g/mol. The maximum atomic E-state index is 11.6. The van der Waals surface area contributed by atoms with E-state index < -0.39 is 12.1 Å². The van der Waals surface area contributed by atoms with E-state index in [1.165, 1.54) is 13.2 Å². The molecule has 1 heterocycles. The van der Waals surface area contributed by atoms with Gasteiger partial charge in [-0.1, -0.05) is 12.2 Å². The van der Waals surface area contributed by atoms with Gasteiger partial charge in [0.15, 0.2) is 0 Å². The third-order valence-electron chi connectivity index (χ3n) is 2.80. The second-order valence-corrected chi connectivity index (χ2v) is 4.54. The van der Waals surface area contributed by atoms with Crippen molar-refractivity contribution in [1.29, 1.82) is 0 Å². The van der Waals surface area contributed by atoms with Crippen molar-refractivity contribution in [3.05, 3.63) is 12.2 Å². The molecular formula is C13H20O5. The number of carbonyl (C=O) groups is 2. The second-order valence-electron chi connectivity index (χ2n) is 4.54. The fourth-order valence-corrected chi connectivity index (χ4v) is 1.89. The third-order valence-corrected chi connectivity index (χ3v) is 2.80. The van der Waals surface area contributed by atoms with Gasteiger partial charge < -0.3 is 14.6 Å². The zero-order valence-corrected chi connectivity index (χ0v) is 10.8. The topological polar surface area (TPSA) is 72.8 Å². The number of esters is 1. The van der Waals surface area contributed by atoms with Gasteiger partial charge in [0.05, 0.1) is 18.6 Å². The molecule has 3 atom stereocenters. The van der Waals surface area contributed by atoms with Crippen LogP contribution in [0.5, 0.6) is 0 Å². The van der Waals surface area contributed by atoms with Gasteiger partial charge in [-0.25, -0.2) is 0 Å². The van der Waals surface area contributed by atoms with Crippen molar-refractivity contribution in [3.8, 4) is 0 Å². The van der Waals surface area contributed by atoms with E-state index in [0.717, 1.165) is 0 Å². The summed E-state index contributed by atoms with van der Waals surface area (Å²) in [6.07, 6.45) is 2.50. The summed E-state index contributed by atoms with van der Waals surface area (Å²) in [5.74, 6) is -0.397. The lowest BCUT2D eigenvalue weighted by Crippen LogP contribution is -2.26. The Kier molecular flexibility index (Phi) is 6.01. The number of cyclic esters (lactones) is 1. The molecule has 18 heavy (non-hydrogen) atoms. The minimum Gasteiger partial charge on any atom is -0.462 e. The van der Waals surface area contributed by atoms with Crippen LogP contribution < -0.4 is 0 Å². The molecule has 1 aliphatic rings. The SMILES string of the molecule is CO[C@@H]1CC(=O)CC=C[C@@H](O)CC(=O)O[C@H](C)C1. The van der Waals surface area contributed by atoms with E-state index in [1.807, 2.05) is 0 Å². The average Bonchev–Trinajstić information content (AvgIpc) is 2.26. The van der Waals surface area contributed by atoms with Gasteiger partial charge in [0.2, 0.25) is 0 Å². The number of carbonyl (C=O) groups excluding carboxylic acids is 2. The molecule has 0 saturated heterocycles. The standard InChI is InChI=1S/C13H20O5/c1-9-6-12(17-2)7-10(14)4-3-5-11(15)8-13(16)18-9/h3,5,9,11-12,15H,4,6-8H2,1-2H3/t9-,11-,12+/m1/s1. The van der Waals surface area contributed by atoms with Crippen LogP contribution in [0.25, 0.3) is 0 Å². The Labute approximate surface area is 107 Å². The monoisotopic (exact) mass is 256 g/mol. The number of ether oxygens (including phenoxy) is 2. The van der Waals surface area contributed by atoms with E-state index in [2.05, 4.69) is 0 Å². The number of rotatable bonds is 1. The largest absolute Gasteiger partial charge is 0.462 e. The van der Waals surface area contributed by atoms with E-state index in [0.29, 0.717) is 12.8 Å². The molecule has 0 unspecified atom stereocenters. The van der Waals surface area contributed by atoms with Crippen molar-refractivity contribution in [2.24, 2.45) is 0 Å². The lowest BCUT2D eigenvalue weighted by Gasteiger charge is -2.20. The molecule has 0 aromatic carbocycles. The summed E-state index contributed by atoms with van der Waals surface area (Å²) in [5.41, 5.74) is 0. The maximum Gasteiger partial charge on any atom is 0.309 e. The normalized spacial score (nSPS) is 31.4. The lowest BCUT2D eigenvalue weighted by molar-refractivity contribution is -0.151. The quantitative estimate of drug-likeness (QED) is 0.559. The first kappa shape index (κ1) is 14.9. The van der Waals surface area contributed by atoms with E-state index in [4.69, 9.17) is 9.47 Å². The molecule has 5 heteroatoms. The van der Waals surface area contributed by atoms with E-state index >= 15 is 0 Å². The minimum atomic E-state index is -0.893. The Bertz CT molecular complexity index is 323. The third kappa shape index (κ3) is 5.42. The zero-order chi connectivity index (χ0) is 13.5. The highest BCUT2D eigenvalue weighted by atomic mass is 16.5. The Balaban J connectivity index is 2.71. The molecule has 0 radical (unpaired) electrons. The van der Waals surface area contributed by atoms with Gasteiger partial charge in [0, 0.05) is 26.4 Å². The second kappa shape index (κ2) is 7.28. The van der Waals surface area contributed by atoms with Gasteiger partial charge in [-0.15, -0.1) is 0 Å². The van der Waals surface area contributed by atoms with E-state index in [9.17, 15) is 14.7 Å². The van der Waals surface area contributed by atoms with Crippen molar-refractivity contribution in [2.45, 2.75) is 50.9 Å². The van der Waals surface area contributed by atoms with E-state index in [1.54, 1.807) is 13.0 Å². The number of ketones is 1. The van der Waals surface area contributed by atoms with Crippen LogP contribution in [0.1, 0.15) is 32.6 Å². The Morgan fingerprint density at radius 1 is 1.39 bits per heavy atom. The first-order valence-corrected chi connectivity index (χ1v) is 6.10. The van der Waals surface area contributed by atoms with Gasteiger partial charge >= 0.3 is 5.97 Å². The van der Waals surface area contributed by atoms with Crippen LogP contribution in [0.4, 0.5) is 0 Å². The fourth-order valence-electron chi connectivity index (χ4n) is 1.89. The molecular weight excluding hydrogens is 236 g/mol. The van der Waals surface area contributed by atoms with Crippen LogP contribution in [0.2, 0.25) is 0 Å². The summed E-state index contributed by atoms with van der Waals surface area (Å²) < 4.78 is 10.3. The molecule has 0 bridgehead atoms. The molecule has 0 aromatic rings. The lowest BCUT2D eigenvalue weighted by atomic mass is 10.0. The smallest absolute Gasteiger partial charge is 0.309 e. The highest BCUT2D eigenvalue weighted by Gasteiger charge is 2.20. The van der Waals surface area contributed by atoms with Gasteiger partial charge in [-0.05, 0) is 6.92 Å². The minimum absolute atomic E-state index is 0.0457. The predicted octanol–water partition coefficient (Wildman–Crippen LogP) is 0.993. The van der Waals surface area contributed by atoms with Crippen molar-refractivity contribution < 1.29 is 24.2 Å². The number of aliphatic hydroxyl groups excluding tert-OH is 1. The number of hydrogen-bond acceptors (Lipinski definition) is 5. The van der Waals surface area contributed by atoms with Gasteiger partial charge in [0.1, 0.15) is 11.9 Å². The molecule has 1 rings (SSSR count). The number of methoxy groups -OCH3 is 1. The van der Waals surface area contributed by atoms with E-state index in [-0.39, 0.29) is 30.8 Å². The van der Waals surface area contributed by atoms with Crippen molar-refractivity contribution in [1.82, 2.24) is 0 Å². The van der Waals surface area contributed by atoms with Gasteiger partial charge in [0.25, 0.3) is 0 Å². The molecule has 0 spiro atoms. The fraction of sp³-hybridized carbons (Fsp3) is 0.692. The van der Waals surface area contributed by atoms with Crippen LogP contribution in [-0.4, -0.2) is 42.3 Å². The molecule has 0 fully saturated rings. The van der Waals surface area contributed by atoms with Crippen LogP contribution in [0.15, 0.2) is 12.2 Å². The highest BCUT2D eigenvalue weighted by molar-refractivity contribution is 5.80.